The molecule has 2 N–H and O–H groups in total. The Hall–Kier alpha value is -4.15. The molecule has 37 heavy (non-hydrogen) atoms. The number of fused-ring (bicyclic) bond motifs is 1. The van der Waals surface area contributed by atoms with E-state index >= 15 is 0 Å². The second-order valence-corrected chi connectivity index (χ2v) is 9.80. The van der Waals surface area contributed by atoms with Gasteiger partial charge in [0.15, 0.2) is 5.88 Å². The molecule has 0 bridgehead atoms. The zero-order valence-corrected chi connectivity index (χ0v) is 20.9. The van der Waals surface area contributed by atoms with Crippen LogP contribution in [0.1, 0.15) is 36.0 Å². The van der Waals surface area contributed by atoms with Crippen molar-refractivity contribution in [3.05, 3.63) is 120 Å². The normalized spacial score (nSPS) is 14.8. The molecule has 4 nitrogen and oxygen atoms in total. The number of aliphatic imine (C=N–C) groups is 1. The SMILES string of the molecule is Oc1[nH]c2cc(-c3ccccc3)ccc2c1C(=Nc1ccc(CN2CCCCC2)cc1)c1ccccc1. The van der Waals surface area contributed by atoms with E-state index in [4.69, 9.17) is 4.99 Å². The molecule has 1 saturated heterocycles. The Morgan fingerprint density at radius 1 is 0.757 bits per heavy atom. The molecule has 4 heteroatoms. The van der Waals surface area contributed by atoms with Gasteiger partial charge in [-0.15, -0.1) is 0 Å². The van der Waals surface area contributed by atoms with Gasteiger partial charge in [0.05, 0.1) is 17.0 Å². The van der Waals surface area contributed by atoms with Crippen LogP contribution in [0.25, 0.3) is 22.0 Å². The minimum absolute atomic E-state index is 0.129. The number of hydrogen-bond acceptors (Lipinski definition) is 3. The van der Waals surface area contributed by atoms with Gasteiger partial charge >= 0.3 is 0 Å². The van der Waals surface area contributed by atoms with Crippen LogP contribution in [-0.2, 0) is 6.54 Å². The second-order valence-electron chi connectivity index (χ2n) is 9.80. The van der Waals surface area contributed by atoms with E-state index in [0.29, 0.717) is 0 Å². The number of benzene rings is 4. The third-order valence-electron chi connectivity index (χ3n) is 7.20. The quantitative estimate of drug-likeness (QED) is 0.242. The molecule has 0 unspecified atom stereocenters. The summed E-state index contributed by atoms with van der Waals surface area (Å²) in [5.74, 6) is 0.129. The Morgan fingerprint density at radius 2 is 1.46 bits per heavy atom. The van der Waals surface area contributed by atoms with Crippen molar-refractivity contribution >= 4 is 22.3 Å². The molecule has 0 spiro atoms. The summed E-state index contributed by atoms with van der Waals surface area (Å²) in [5.41, 5.74) is 7.74. The topological polar surface area (TPSA) is 51.6 Å². The second kappa shape index (κ2) is 10.5. The number of nitrogens with one attached hydrogen (secondary N) is 1. The molecule has 0 atom stereocenters. The van der Waals surface area contributed by atoms with E-state index in [1.165, 1.54) is 37.9 Å². The minimum Gasteiger partial charge on any atom is -0.494 e. The first-order valence-electron chi connectivity index (χ1n) is 13.1. The van der Waals surface area contributed by atoms with Gasteiger partial charge in [0.25, 0.3) is 0 Å². The van der Waals surface area contributed by atoms with Gasteiger partial charge in [0, 0.05) is 23.0 Å². The maximum Gasteiger partial charge on any atom is 0.199 e. The summed E-state index contributed by atoms with van der Waals surface area (Å²) in [6, 6.07) is 35.2. The van der Waals surface area contributed by atoms with Crippen LogP contribution in [0.15, 0.2) is 108 Å². The number of aromatic nitrogens is 1. The first-order chi connectivity index (χ1) is 18.2. The maximum atomic E-state index is 11.1. The third kappa shape index (κ3) is 5.07. The van der Waals surface area contributed by atoms with E-state index in [1.807, 2.05) is 48.5 Å². The van der Waals surface area contributed by atoms with Crippen molar-refractivity contribution in [2.24, 2.45) is 4.99 Å². The monoisotopic (exact) mass is 485 g/mol. The number of hydrogen-bond donors (Lipinski definition) is 2. The molecule has 0 saturated carbocycles. The molecule has 0 radical (unpaired) electrons. The predicted octanol–water partition coefficient (Wildman–Crippen LogP) is 7.70. The van der Waals surface area contributed by atoms with E-state index in [1.54, 1.807) is 0 Å². The molecule has 6 rings (SSSR count). The molecular weight excluding hydrogens is 454 g/mol. The third-order valence-corrected chi connectivity index (χ3v) is 7.20. The van der Waals surface area contributed by atoms with Gasteiger partial charge < -0.3 is 10.1 Å². The summed E-state index contributed by atoms with van der Waals surface area (Å²) in [6.45, 7) is 3.36. The minimum atomic E-state index is 0.129. The standard InChI is InChI=1S/C33H31N3O/c37-33-31(29-19-16-27(22-30(29)35-33)25-10-4-1-5-11-25)32(26-12-6-2-7-13-26)34-28-17-14-24(15-18-28)23-36-20-8-3-9-21-36/h1-2,4-7,10-19,22,35,37H,3,8-9,20-21,23H2. The Kier molecular flexibility index (Phi) is 6.57. The summed E-state index contributed by atoms with van der Waals surface area (Å²) < 4.78 is 0. The van der Waals surface area contributed by atoms with Crippen LogP contribution in [0.5, 0.6) is 5.88 Å². The molecule has 1 aliphatic rings. The zero-order chi connectivity index (χ0) is 25.0. The van der Waals surface area contributed by atoms with Crippen molar-refractivity contribution in [1.82, 2.24) is 9.88 Å². The lowest BCUT2D eigenvalue weighted by Gasteiger charge is -2.26. The largest absolute Gasteiger partial charge is 0.494 e. The molecule has 0 amide bonds. The lowest BCUT2D eigenvalue weighted by molar-refractivity contribution is 0.221. The fourth-order valence-electron chi connectivity index (χ4n) is 5.27. The summed E-state index contributed by atoms with van der Waals surface area (Å²) >= 11 is 0. The highest BCUT2D eigenvalue weighted by molar-refractivity contribution is 6.22. The average Bonchev–Trinajstić information content (AvgIpc) is 3.29. The van der Waals surface area contributed by atoms with Crippen LogP contribution >= 0.6 is 0 Å². The highest BCUT2D eigenvalue weighted by Gasteiger charge is 2.19. The summed E-state index contributed by atoms with van der Waals surface area (Å²) in [5, 5.41) is 12.0. The molecule has 2 heterocycles. The van der Waals surface area contributed by atoms with Gasteiger partial charge in [0.2, 0.25) is 0 Å². The van der Waals surface area contributed by atoms with Gasteiger partial charge in [-0.1, -0.05) is 91.3 Å². The first-order valence-corrected chi connectivity index (χ1v) is 13.1. The molecule has 0 aliphatic carbocycles. The van der Waals surface area contributed by atoms with Crippen molar-refractivity contribution in [3.8, 4) is 17.0 Å². The van der Waals surface area contributed by atoms with Crippen LogP contribution in [-0.4, -0.2) is 33.8 Å². The van der Waals surface area contributed by atoms with Gasteiger partial charge in [0.1, 0.15) is 0 Å². The number of H-pyrrole nitrogens is 1. The number of nitrogens with zero attached hydrogens (tertiary/aromatic N) is 2. The first kappa shape index (κ1) is 23.3. The van der Waals surface area contributed by atoms with Gasteiger partial charge in [-0.05, 0) is 60.8 Å². The average molecular weight is 486 g/mol. The number of aromatic hydroxyl groups is 1. The highest BCUT2D eigenvalue weighted by atomic mass is 16.3. The van der Waals surface area contributed by atoms with E-state index in [-0.39, 0.29) is 5.88 Å². The lowest BCUT2D eigenvalue weighted by atomic mass is 9.98. The van der Waals surface area contributed by atoms with Crippen molar-refractivity contribution in [2.75, 3.05) is 13.1 Å². The Balaban J connectivity index is 1.38. The van der Waals surface area contributed by atoms with Crippen molar-refractivity contribution < 1.29 is 5.11 Å². The lowest BCUT2D eigenvalue weighted by Crippen LogP contribution is -2.28. The van der Waals surface area contributed by atoms with Gasteiger partial charge in [-0.3, -0.25) is 4.90 Å². The smallest absolute Gasteiger partial charge is 0.199 e. The molecular formula is C33H31N3O. The van der Waals surface area contributed by atoms with Crippen molar-refractivity contribution in [2.45, 2.75) is 25.8 Å². The molecule has 4 aromatic carbocycles. The predicted molar refractivity (Wildman–Crippen MR) is 153 cm³/mol. The summed E-state index contributed by atoms with van der Waals surface area (Å²) in [6.07, 6.45) is 3.94. The van der Waals surface area contributed by atoms with E-state index in [2.05, 4.69) is 64.5 Å². The van der Waals surface area contributed by atoms with E-state index in [0.717, 1.165) is 51.1 Å². The summed E-state index contributed by atoms with van der Waals surface area (Å²) in [4.78, 5) is 10.8. The fourth-order valence-corrected chi connectivity index (χ4v) is 5.27. The van der Waals surface area contributed by atoms with Gasteiger partial charge in [-0.2, -0.15) is 0 Å². The van der Waals surface area contributed by atoms with Crippen LogP contribution in [0.2, 0.25) is 0 Å². The molecule has 1 aliphatic heterocycles. The van der Waals surface area contributed by atoms with Crippen molar-refractivity contribution in [1.29, 1.82) is 0 Å². The molecule has 1 aromatic heterocycles. The zero-order valence-electron chi connectivity index (χ0n) is 20.9. The van der Waals surface area contributed by atoms with Gasteiger partial charge in [-0.25, -0.2) is 4.99 Å². The van der Waals surface area contributed by atoms with Crippen LogP contribution in [0.3, 0.4) is 0 Å². The Bertz CT molecular complexity index is 1510. The number of likely N-dealkylation sites (tertiary alicyclic amines) is 1. The van der Waals surface area contributed by atoms with Crippen LogP contribution < -0.4 is 0 Å². The molecule has 1 fully saturated rings. The summed E-state index contributed by atoms with van der Waals surface area (Å²) in [7, 11) is 0. The fraction of sp³-hybridized carbons (Fsp3) is 0.182. The van der Waals surface area contributed by atoms with Crippen molar-refractivity contribution in [3.63, 3.8) is 0 Å². The number of aromatic amines is 1. The van der Waals surface area contributed by atoms with Crippen LogP contribution in [0, 0.1) is 0 Å². The van der Waals surface area contributed by atoms with E-state index in [9.17, 15) is 5.11 Å². The number of piperidine rings is 1. The van der Waals surface area contributed by atoms with Crippen LogP contribution in [0.4, 0.5) is 5.69 Å². The van der Waals surface area contributed by atoms with E-state index < -0.39 is 0 Å². The maximum absolute atomic E-state index is 11.1. The Morgan fingerprint density at radius 3 is 2.19 bits per heavy atom. The molecule has 184 valence electrons. The Labute approximate surface area is 217 Å². The number of rotatable bonds is 6. The molecule has 5 aromatic rings. The highest BCUT2D eigenvalue weighted by Crippen LogP contribution is 2.34.